The van der Waals surface area contributed by atoms with E-state index in [0.717, 1.165) is 41.6 Å². The zero-order valence-electron chi connectivity index (χ0n) is 21.9. The molecule has 198 valence electrons. The zero-order chi connectivity index (χ0) is 26.4. The first-order chi connectivity index (χ1) is 17.5. The van der Waals surface area contributed by atoms with Gasteiger partial charge in [0.05, 0.1) is 11.1 Å². The monoisotopic (exact) mass is 525 g/mol. The number of fused-ring (bicyclic) bond motifs is 1. The van der Waals surface area contributed by atoms with Gasteiger partial charge in [-0.1, -0.05) is 36.8 Å². The third kappa shape index (κ3) is 5.16. The van der Waals surface area contributed by atoms with Gasteiger partial charge in [-0.05, 0) is 57.6 Å². The van der Waals surface area contributed by atoms with Gasteiger partial charge < -0.3 is 14.5 Å². The average molecular weight is 526 g/mol. The second-order valence-electron chi connectivity index (χ2n) is 11.1. The van der Waals surface area contributed by atoms with Crippen LogP contribution in [-0.4, -0.2) is 64.6 Å². The topological polar surface area (TPSA) is 97.6 Å². The number of rotatable bonds is 5. The Morgan fingerprint density at radius 1 is 1.11 bits per heavy atom. The van der Waals surface area contributed by atoms with Crippen molar-refractivity contribution in [2.45, 2.75) is 70.3 Å². The first-order valence-corrected chi connectivity index (χ1v) is 14.5. The van der Waals surface area contributed by atoms with Crippen LogP contribution in [0, 0.1) is 0 Å². The first kappa shape index (κ1) is 25.5. The van der Waals surface area contributed by atoms with Crippen LogP contribution < -0.4 is 4.90 Å². The maximum atomic E-state index is 13.6. The highest BCUT2D eigenvalue weighted by Gasteiger charge is 2.34. The Morgan fingerprint density at radius 3 is 2.46 bits per heavy atom. The highest BCUT2D eigenvalue weighted by molar-refractivity contribution is 7.89. The molecule has 1 atom stereocenters. The van der Waals surface area contributed by atoms with Crippen LogP contribution in [0.4, 0.5) is 10.6 Å². The smallest absolute Gasteiger partial charge is 0.410 e. The lowest BCUT2D eigenvalue weighted by Gasteiger charge is -2.41. The molecule has 0 N–H and O–H groups in total. The van der Waals surface area contributed by atoms with Crippen LogP contribution in [0.2, 0.25) is 0 Å². The summed E-state index contributed by atoms with van der Waals surface area (Å²) >= 11 is 0. The van der Waals surface area contributed by atoms with Crippen molar-refractivity contribution in [2.75, 3.05) is 24.5 Å². The molecular formula is C27H35N5O4S. The Hall–Kier alpha value is -3.14. The van der Waals surface area contributed by atoms with E-state index in [2.05, 4.69) is 21.8 Å². The van der Waals surface area contributed by atoms with Gasteiger partial charge in [-0.2, -0.15) is 0 Å². The predicted octanol–water partition coefficient (Wildman–Crippen LogP) is 4.52. The summed E-state index contributed by atoms with van der Waals surface area (Å²) in [6.45, 7) is 9.19. The Kier molecular flexibility index (Phi) is 6.64. The van der Waals surface area contributed by atoms with E-state index in [1.807, 2.05) is 51.1 Å². The molecule has 3 heterocycles. The number of aromatic nitrogens is 3. The molecule has 10 heteroatoms. The van der Waals surface area contributed by atoms with Gasteiger partial charge >= 0.3 is 6.09 Å². The molecule has 0 bridgehead atoms. The molecule has 1 aromatic carbocycles. The summed E-state index contributed by atoms with van der Waals surface area (Å²) in [5.41, 5.74) is 1.60. The SMILES string of the molecule is C[C@H]1CN(C(=O)OC(C)(C)C)CCN1c1ncnc2c1c(C1CCC1)cn2S(=O)(=O)Cc1ccccc1. The van der Waals surface area contributed by atoms with Gasteiger partial charge in [-0.15, -0.1) is 0 Å². The van der Waals surface area contributed by atoms with Crippen molar-refractivity contribution < 1.29 is 17.9 Å². The van der Waals surface area contributed by atoms with Crippen LogP contribution in [-0.2, 0) is 20.5 Å². The van der Waals surface area contributed by atoms with E-state index >= 15 is 0 Å². The fraction of sp³-hybridized carbons (Fsp3) is 0.519. The maximum Gasteiger partial charge on any atom is 0.410 e. The fourth-order valence-corrected chi connectivity index (χ4v) is 6.55. The molecule has 0 unspecified atom stereocenters. The summed E-state index contributed by atoms with van der Waals surface area (Å²) in [6.07, 6.45) is 6.07. The van der Waals surface area contributed by atoms with Crippen molar-refractivity contribution >= 4 is 33.0 Å². The number of anilines is 1. The van der Waals surface area contributed by atoms with Crippen LogP contribution in [0.1, 0.15) is 64.0 Å². The van der Waals surface area contributed by atoms with Gasteiger partial charge in [0.15, 0.2) is 5.65 Å². The third-order valence-electron chi connectivity index (χ3n) is 7.15. The van der Waals surface area contributed by atoms with Crippen LogP contribution >= 0.6 is 0 Å². The van der Waals surface area contributed by atoms with Gasteiger partial charge in [0.1, 0.15) is 17.7 Å². The minimum Gasteiger partial charge on any atom is -0.444 e. The molecule has 0 spiro atoms. The van der Waals surface area contributed by atoms with Crippen molar-refractivity contribution in [3.8, 4) is 0 Å². The van der Waals surface area contributed by atoms with Crippen molar-refractivity contribution in [1.29, 1.82) is 0 Å². The second-order valence-corrected chi connectivity index (χ2v) is 13.0. The summed E-state index contributed by atoms with van der Waals surface area (Å²) in [5, 5.41) is 0.807. The lowest BCUT2D eigenvalue weighted by atomic mass is 9.80. The Labute approximate surface area is 218 Å². The molecular weight excluding hydrogens is 490 g/mol. The van der Waals surface area contributed by atoms with E-state index < -0.39 is 15.6 Å². The molecule has 2 aromatic heterocycles. The number of benzene rings is 1. The lowest BCUT2D eigenvalue weighted by molar-refractivity contribution is 0.0218. The summed E-state index contributed by atoms with van der Waals surface area (Å²) in [5.74, 6) is 0.919. The molecule has 1 aliphatic heterocycles. The number of hydrogen-bond acceptors (Lipinski definition) is 7. The summed E-state index contributed by atoms with van der Waals surface area (Å²) in [7, 11) is -3.70. The van der Waals surface area contributed by atoms with E-state index in [0.29, 0.717) is 31.2 Å². The molecule has 2 aliphatic rings. The minimum absolute atomic E-state index is 0.0297. The molecule has 0 radical (unpaired) electrons. The van der Waals surface area contributed by atoms with E-state index in [4.69, 9.17) is 4.74 Å². The maximum absolute atomic E-state index is 13.6. The molecule has 2 fully saturated rings. The van der Waals surface area contributed by atoms with Crippen molar-refractivity contribution in [3.05, 3.63) is 54.0 Å². The first-order valence-electron chi connectivity index (χ1n) is 12.9. The highest BCUT2D eigenvalue weighted by Crippen LogP contribution is 2.43. The number of piperazine rings is 1. The molecule has 5 rings (SSSR count). The average Bonchev–Trinajstić information content (AvgIpc) is 3.18. The summed E-state index contributed by atoms with van der Waals surface area (Å²) in [6, 6.07) is 9.18. The lowest BCUT2D eigenvalue weighted by Crippen LogP contribution is -2.54. The number of amides is 1. The van der Waals surface area contributed by atoms with Gasteiger partial charge in [-0.25, -0.2) is 27.2 Å². The summed E-state index contributed by atoms with van der Waals surface area (Å²) < 4.78 is 34.1. The van der Waals surface area contributed by atoms with Gasteiger partial charge in [0, 0.05) is 31.9 Å². The molecule has 1 saturated heterocycles. The van der Waals surface area contributed by atoms with E-state index in [9.17, 15) is 13.2 Å². The molecule has 1 aliphatic carbocycles. The largest absolute Gasteiger partial charge is 0.444 e. The molecule has 9 nitrogen and oxygen atoms in total. The van der Waals surface area contributed by atoms with Crippen LogP contribution in [0.3, 0.4) is 0 Å². The van der Waals surface area contributed by atoms with Gasteiger partial charge in [0.2, 0.25) is 10.0 Å². The molecule has 1 saturated carbocycles. The minimum atomic E-state index is -3.70. The van der Waals surface area contributed by atoms with E-state index in [1.54, 1.807) is 11.1 Å². The fourth-order valence-electron chi connectivity index (χ4n) is 5.12. The molecule has 1 amide bonds. The standard InChI is InChI=1S/C27H35N5O4S/c1-19-15-30(26(33)36-27(2,3)4)13-14-31(19)24-23-22(21-11-8-12-21)16-32(25(23)29-18-28-24)37(34,35)17-20-9-6-5-7-10-20/h5-7,9-10,16,18-19,21H,8,11-15,17H2,1-4H3/t19-/m0/s1. The molecule has 37 heavy (non-hydrogen) atoms. The second kappa shape index (κ2) is 9.63. The Bertz CT molecular complexity index is 1390. The van der Waals surface area contributed by atoms with E-state index in [1.165, 1.54) is 10.3 Å². The van der Waals surface area contributed by atoms with Crippen molar-refractivity contribution in [1.82, 2.24) is 18.8 Å². The predicted molar refractivity (Wildman–Crippen MR) is 143 cm³/mol. The van der Waals surface area contributed by atoms with Gasteiger partial charge in [0.25, 0.3) is 0 Å². The van der Waals surface area contributed by atoms with Gasteiger partial charge in [-0.3, -0.25) is 0 Å². The number of nitrogens with zero attached hydrogens (tertiary/aromatic N) is 5. The van der Waals surface area contributed by atoms with Crippen LogP contribution in [0.15, 0.2) is 42.9 Å². The number of carbonyl (C=O) groups is 1. The quantitative estimate of drug-likeness (QED) is 0.483. The zero-order valence-corrected chi connectivity index (χ0v) is 22.7. The third-order valence-corrected chi connectivity index (χ3v) is 8.72. The number of ether oxygens (including phenoxy) is 1. The summed E-state index contributed by atoms with van der Waals surface area (Å²) in [4.78, 5) is 25.7. The Balaban J connectivity index is 1.50. The van der Waals surface area contributed by atoms with Crippen LogP contribution in [0.5, 0.6) is 0 Å². The highest BCUT2D eigenvalue weighted by atomic mass is 32.2. The Morgan fingerprint density at radius 2 is 1.84 bits per heavy atom. The normalized spacial score (nSPS) is 19.2. The van der Waals surface area contributed by atoms with Crippen molar-refractivity contribution in [3.63, 3.8) is 0 Å². The number of hydrogen-bond donors (Lipinski definition) is 0. The number of carbonyl (C=O) groups excluding carboxylic acids is 1. The van der Waals surface area contributed by atoms with Crippen LogP contribution in [0.25, 0.3) is 11.0 Å². The van der Waals surface area contributed by atoms with Crippen molar-refractivity contribution in [2.24, 2.45) is 0 Å². The molecule has 3 aromatic rings. The van der Waals surface area contributed by atoms with E-state index in [-0.39, 0.29) is 17.9 Å².